The normalized spacial score (nSPS) is 12.3. The van der Waals surface area contributed by atoms with Gasteiger partial charge in [-0.3, -0.25) is 14.4 Å². The van der Waals surface area contributed by atoms with E-state index in [9.17, 15) is 14.4 Å². The SMILES string of the molecule is C[C@H](OC(=O)CNC(=O)Cc1cccc2ccccc12)C(=O)NC(C)(C)C. The van der Waals surface area contributed by atoms with E-state index in [2.05, 4.69) is 10.6 Å². The van der Waals surface area contributed by atoms with E-state index >= 15 is 0 Å². The number of benzene rings is 2. The van der Waals surface area contributed by atoms with Crippen LogP contribution >= 0.6 is 0 Å². The van der Waals surface area contributed by atoms with Crippen LogP contribution in [0.3, 0.4) is 0 Å². The number of hydrogen-bond donors (Lipinski definition) is 2. The first-order valence-electron chi connectivity index (χ1n) is 8.90. The molecule has 0 bridgehead atoms. The highest BCUT2D eigenvalue weighted by atomic mass is 16.5. The van der Waals surface area contributed by atoms with Gasteiger partial charge in [0.15, 0.2) is 6.10 Å². The molecule has 0 aromatic heterocycles. The van der Waals surface area contributed by atoms with Crippen LogP contribution in [0.15, 0.2) is 42.5 Å². The van der Waals surface area contributed by atoms with E-state index in [0.29, 0.717) is 0 Å². The van der Waals surface area contributed by atoms with Gasteiger partial charge >= 0.3 is 5.97 Å². The Kier molecular flexibility index (Phi) is 6.55. The van der Waals surface area contributed by atoms with Crippen LogP contribution in [0.1, 0.15) is 33.3 Å². The zero-order valence-corrected chi connectivity index (χ0v) is 16.2. The molecule has 6 nitrogen and oxygen atoms in total. The molecule has 1 atom stereocenters. The van der Waals surface area contributed by atoms with Crippen molar-refractivity contribution < 1.29 is 19.1 Å². The van der Waals surface area contributed by atoms with Crippen molar-refractivity contribution in [3.8, 4) is 0 Å². The molecule has 2 N–H and O–H groups in total. The number of carbonyl (C=O) groups is 3. The topological polar surface area (TPSA) is 84.5 Å². The lowest BCUT2D eigenvalue weighted by Crippen LogP contribution is -2.46. The quantitative estimate of drug-likeness (QED) is 0.765. The number of hydrogen-bond acceptors (Lipinski definition) is 4. The molecular formula is C21H26N2O4. The third-order valence-electron chi connectivity index (χ3n) is 3.84. The van der Waals surface area contributed by atoms with E-state index in [0.717, 1.165) is 16.3 Å². The van der Waals surface area contributed by atoms with Gasteiger partial charge in [0.25, 0.3) is 5.91 Å². The molecule has 0 spiro atoms. The van der Waals surface area contributed by atoms with Crippen LogP contribution in [-0.2, 0) is 25.5 Å². The smallest absolute Gasteiger partial charge is 0.326 e. The molecule has 0 aliphatic carbocycles. The Labute approximate surface area is 159 Å². The lowest BCUT2D eigenvalue weighted by Gasteiger charge is -2.23. The van der Waals surface area contributed by atoms with E-state index in [-0.39, 0.29) is 24.8 Å². The summed E-state index contributed by atoms with van der Waals surface area (Å²) in [5.74, 6) is -1.31. The molecule has 6 heteroatoms. The first-order valence-corrected chi connectivity index (χ1v) is 8.90. The number of amides is 2. The van der Waals surface area contributed by atoms with Crippen molar-refractivity contribution in [2.75, 3.05) is 6.54 Å². The van der Waals surface area contributed by atoms with Crippen LogP contribution < -0.4 is 10.6 Å². The highest BCUT2D eigenvalue weighted by molar-refractivity contribution is 5.91. The second-order valence-corrected chi connectivity index (χ2v) is 7.46. The Balaban J connectivity index is 1.84. The van der Waals surface area contributed by atoms with Crippen LogP contribution in [0.2, 0.25) is 0 Å². The van der Waals surface area contributed by atoms with Crippen molar-refractivity contribution in [1.82, 2.24) is 10.6 Å². The number of carbonyl (C=O) groups excluding carboxylic acids is 3. The summed E-state index contributed by atoms with van der Waals surface area (Å²) in [6.07, 6.45) is -0.763. The molecule has 0 unspecified atom stereocenters. The molecule has 144 valence electrons. The predicted molar refractivity (Wildman–Crippen MR) is 104 cm³/mol. The molecule has 27 heavy (non-hydrogen) atoms. The van der Waals surface area contributed by atoms with Gasteiger partial charge in [-0.1, -0.05) is 42.5 Å². The molecule has 2 rings (SSSR count). The van der Waals surface area contributed by atoms with Gasteiger partial charge in [0.05, 0.1) is 6.42 Å². The lowest BCUT2D eigenvalue weighted by atomic mass is 10.0. The Hall–Kier alpha value is -2.89. The minimum Gasteiger partial charge on any atom is -0.451 e. The zero-order valence-electron chi connectivity index (χ0n) is 16.2. The molecule has 0 aliphatic rings. The van der Waals surface area contributed by atoms with Gasteiger partial charge in [-0.05, 0) is 44.0 Å². The van der Waals surface area contributed by atoms with Gasteiger partial charge in [0.2, 0.25) is 5.91 Å². The summed E-state index contributed by atoms with van der Waals surface area (Å²) in [6.45, 7) is 6.74. The fraction of sp³-hybridized carbons (Fsp3) is 0.381. The van der Waals surface area contributed by atoms with E-state index in [1.54, 1.807) is 0 Å². The average Bonchev–Trinajstić information content (AvgIpc) is 2.59. The van der Waals surface area contributed by atoms with Crippen molar-refractivity contribution in [2.45, 2.75) is 45.8 Å². The summed E-state index contributed by atoms with van der Waals surface area (Å²) in [4.78, 5) is 36.0. The van der Waals surface area contributed by atoms with Gasteiger partial charge in [-0.15, -0.1) is 0 Å². The monoisotopic (exact) mass is 370 g/mol. The van der Waals surface area contributed by atoms with Crippen molar-refractivity contribution in [3.63, 3.8) is 0 Å². The van der Waals surface area contributed by atoms with Crippen molar-refractivity contribution >= 4 is 28.6 Å². The van der Waals surface area contributed by atoms with E-state index < -0.39 is 17.6 Å². The third kappa shape index (κ3) is 6.40. The fourth-order valence-corrected chi connectivity index (χ4v) is 2.62. The molecule has 2 aromatic carbocycles. The Morgan fingerprint density at radius 2 is 1.70 bits per heavy atom. The molecule has 0 saturated carbocycles. The van der Waals surface area contributed by atoms with Gasteiger partial charge in [0.1, 0.15) is 6.54 Å². The molecule has 2 amide bonds. The maximum Gasteiger partial charge on any atom is 0.326 e. The second kappa shape index (κ2) is 8.66. The highest BCUT2D eigenvalue weighted by Crippen LogP contribution is 2.18. The van der Waals surface area contributed by atoms with Crippen LogP contribution in [0.25, 0.3) is 10.8 Å². The van der Waals surface area contributed by atoms with Crippen LogP contribution in [0.4, 0.5) is 0 Å². The van der Waals surface area contributed by atoms with Crippen LogP contribution in [0, 0.1) is 0 Å². The first kappa shape index (κ1) is 20.4. The van der Waals surface area contributed by atoms with Crippen LogP contribution in [0.5, 0.6) is 0 Å². The Morgan fingerprint density at radius 1 is 1.04 bits per heavy atom. The van der Waals surface area contributed by atoms with E-state index in [4.69, 9.17) is 4.74 Å². The summed E-state index contributed by atoms with van der Waals surface area (Å²) in [6, 6.07) is 13.6. The molecule has 0 heterocycles. The number of rotatable bonds is 6. The van der Waals surface area contributed by atoms with Gasteiger partial charge in [0, 0.05) is 5.54 Å². The Morgan fingerprint density at radius 3 is 2.41 bits per heavy atom. The minimum atomic E-state index is -0.924. The summed E-state index contributed by atoms with van der Waals surface area (Å²) < 4.78 is 5.06. The van der Waals surface area contributed by atoms with Crippen molar-refractivity contribution in [1.29, 1.82) is 0 Å². The molecular weight excluding hydrogens is 344 g/mol. The number of nitrogens with one attached hydrogen (secondary N) is 2. The van der Waals surface area contributed by atoms with Gasteiger partial charge in [-0.25, -0.2) is 0 Å². The average molecular weight is 370 g/mol. The molecule has 0 aliphatic heterocycles. The molecule has 0 fully saturated rings. The second-order valence-electron chi connectivity index (χ2n) is 7.46. The van der Waals surface area contributed by atoms with Crippen LogP contribution in [-0.4, -0.2) is 36.0 Å². The molecule has 0 saturated heterocycles. The van der Waals surface area contributed by atoms with Crippen molar-refractivity contribution in [3.05, 3.63) is 48.0 Å². The summed E-state index contributed by atoms with van der Waals surface area (Å²) in [7, 11) is 0. The Bertz CT molecular complexity index is 834. The highest BCUT2D eigenvalue weighted by Gasteiger charge is 2.22. The first-order chi connectivity index (χ1) is 12.7. The lowest BCUT2D eigenvalue weighted by molar-refractivity contribution is -0.155. The fourth-order valence-electron chi connectivity index (χ4n) is 2.62. The van der Waals surface area contributed by atoms with Crippen molar-refractivity contribution in [2.24, 2.45) is 0 Å². The van der Waals surface area contributed by atoms with Gasteiger partial charge in [-0.2, -0.15) is 0 Å². The van der Waals surface area contributed by atoms with Gasteiger partial charge < -0.3 is 15.4 Å². The molecule has 0 radical (unpaired) electrons. The number of ether oxygens (including phenoxy) is 1. The van der Waals surface area contributed by atoms with E-state index in [1.807, 2.05) is 63.2 Å². The maximum absolute atomic E-state index is 12.2. The predicted octanol–water partition coefficient (Wildman–Crippen LogP) is 2.34. The summed E-state index contributed by atoms with van der Waals surface area (Å²) in [5.41, 5.74) is 0.474. The number of fused-ring (bicyclic) bond motifs is 1. The van der Waals surface area contributed by atoms with E-state index in [1.165, 1.54) is 6.92 Å². The number of esters is 1. The summed E-state index contributed by atoms with van der Waals surface area (Å²) >= 11 is 0. The third-order valence-corrected chi connectivity index (χ3v) is 3.84. The molecule has 2 aromatic rings. The largest absolute Gasteiger partial charge is 0.451 e. The zero-order chi connectivity index (χ0) is 20.0. The maximum atomic E-state index is 12.2. The standard InChI is InChI=1S/C21H26N2O4/c1-14(20(26)23-21(2,3)4)27-19(25)13-22-18(24)12-16-10-7-9-15-8-5-6-11-17(15)16/h5-11,14H,12-13H2,1-4H3,(H,22,24)(H,23,26)/t14-/m0/s1. The summed E-state index contributed by atoms with van der Waals surface area (Å²) in [5, 5.41) is 7.34. The minimum absolute atomic E-state index is 0.161.